The van der Waals surface area contributed by atoms with Gasteiger partial charge in [0.1, 0.15) is 5.52 Å². The number of carbonyl (C=O) groups excluding carboxylic acids is 3. The highest BCUT2D eigenvalue weighted by Crippen LogP contribution is 2.38. The Morgan fingerprint density at radius 2 is 2.00 bits per heavy atom. The van der Waals surface area contributed by atoms with E-state index in [1.807, 2.05) is 22.8 Å². The third-order valence-electron chi connectivity index (χ3n) is 6.06. The van der Waals surface area contributed by atoms with Crippen LogP contribution in [0.5, 0.6) is 0 Å². The van der Waals surface area contributed by atoms with E-state index in [1.165, 1.54) is 5.56 Å². The molecule has 1 N–H and O–H groups in total. The molecule has 8 nitrogen and oxygen atoms in total. The van der Waals surface area contributed by atoms with Crippen molar-refractivity contribution in [3.05, 3.63) is 60.0 Å². The van der Waals surface area contributed by atoms with Gasteiger partial charge in [-0.05, 0) is 24.5 Å². The number of aromatic nitrogens is 3. The van der Waals surface area contributed by atoms with Crippen molar-refractivity contribution in [1.29, 1.82) is 0 Å². The van der Waals surface area contributed by atoms with Gasteiger partial charge in [0.25, 0.3) is 5.91 Å². The van der Waals surface area contributed by atoms with Gasteiger partial charge in [0, 0.05) is 32.3 Å². The number of imidazole rings is 1. The molecule has 5 rings (SSSR count). The molecular formula is C22H21N5O3. The highest BCUT2D eigenvalue weighted by atomic mass is 16.2. The third-order valence-corrected chi connectivity index (χ3v) is 6.06. The zero-order valence-corrected chi connectivity index (χ0v) is 16.4. The van der Waals surface area contributed by atoms with Crippen molar-refractivity contribution in [2.24, 2.45) is 5.41 Å². The summed E-state index contributed by atoms with van der Waals surface area (Å²) in [5, 5.41) is 2.36. The van der Waals surface area contributed by atoms with Crippen LogP contribution in [-0.4, -0.2) is 50.2 Å². The van der Waals surface area contributed by atoms with Gasteiger partial charge >= 0.3 is 0 Å². The maximum atomic E-state index is 13.0. The summed E-state index contributed by atoms with van der Waals surface area (Å²) in [6.07, 6.45) is 4.83. The maximum Gasteiger partial charge on any atom is 0.255 e. The van der Waals surface area contributed by atoms with Gasteiger partial charge in [-0.2, -0.15) is 0 Å². The summed E-state index contributed by atoms with van der Waals surface area (Å²) in [6, 6.07) is 12.0. The minimum Gasteiger partial charge on any atom is -0.337 e. The fraction of sp³-hybridized carbons (Fsp3) is 0.318. The van der Waals surface area contributed by atoms with E-state index < -0.39 is 5.41 Å². The maximum absolute atomic E-state index is 13.0. The van der Waals surface area contributed by atoms with Crippen LogP contribution in [0.2, 0.25) is 0 Å². The molecule has 4 heterocycles. The van der Waals surface area contributed by atoms with Crippen LogP contribution in [0.15, 0.2) is 48.9 Å². The predicted octanol–water partition coefficient (Wildman–Crippen LogP) is 1.55. The molecule has 152 valence electrons. The van der Waals surface area contributed by atoms with E-state index in [0.29, 0.717) is 24.0 Å². The van der Waals surface area contributed by atoms with Gasteiger partial charge in [0.2, 0.25) is 11.8 Å². The summed E-state index contributed by atoms with van der Waals surface area (Å²) in [5.74, 6) is -0.723. The predicted molar refractivity (Wildman–Crippen MR) is 108 cm³/mol. The molecule has 2 fully saturated rings. The monoisotopic (exact) mass is 403 g/mol. The lowest BCUT2D eigenvalue weighted by atomic mass is 9.85. The molecule has 8 heteroatoms. The normalized spacial score (nSPS) is 21.0. The average molecular weight is 403 g/mol. The SMILES string of the molecule is O=C1CC2(CCN(C(=O)c3cnc4c(c3)ncn4CCc3ccccc3)C2)C(=O)N1. The fourth-order valence-electron chi connectivity index (χ4n) is 4.37. The van der Waals surface area contributed by atoms with Crippen molar-refractivity contribution in [3.63, 3.8) is 0 Å². The first-order valence-electron chi connectivity index (χ1n) is 10.0. The molecule has 2 aliphatic heterocycles. The number of hydrogen-bond donors (Lipinski definition) is 1. The molecule has 0 saturated carbocycles. The smallest absolute Gasteiger partial charge is 0.255 e. The van der Waals surface area contributed by atoms with Gasteiger partial charge in [-0.15, -0.1) is 0 Å². The van der Waals surface area contributed by atoms with Crippen LogP contribution in [0.3, 0.4) is 0 Å². The van der Waals surface area contributed by atoms with Gasteiger partial charge in [0.05, 0.1) is 17.3 Å². The molecule has 1 spiro atoms. The highest BCUT2D eigenvalue weighted by Gasteiger charge is 2.51. The molecule has 3 aromatic rings. The van der Waals surface area contributed by atoms with Crippen LogP contribution in [0.1, 0.15) is 28.8 Å². The Labute approximate surface area is 172 Å². The standard InChI is InChI=1S/C22H21N5O3/c28-18-11-22(21(30)25-18)7-9-26(13-22)20(29)16-10-17-19(23-12-16)27(14-24-17)8-6-15-4-2-1-3-5-15/h1-5,10,12,14H,6-9,11,13H2,(H,25,28,30). The van der Waals surface area contributed by atoms with Crippen LogP contribution in [0.4, 0.5) is 0 Å². The molecule has 1 aromatic carbocycles. The Morgan fingerprint density at radius 3 is 2.77 bits per heavy atom. The van der Waals surface area contributed by atoms with Crippen molar-refractivity contribution in [2.45, 2.75) is 25.8 Å². The first-order valence-corrected chi connectivity index (χ1v) is 10.0. The summed E-state index contributed by atoms with van der Waals surface area (Å²) in [7, 11) is 0. The summed E-state index contributed by atoms with van der Waals surface area (Å²) in [5.41, 5.74) is 2.31. The van der Waals surface area contributed by atoms with Crippen LogP contribution in [0.25, 0.3) is 11.2 Å². The van der Waals surface area contributed by atoms with Crippen molar-refractivity contribution in [3.8, 4) is 0 Å². The molecule has 1 atom stereocenters. The van der Waals surface area contributed by atoms with E-state index in [4.69, 9.17) is 0 Å². The Balaban J connectivity index is 1.31. The second-order valence-corrected chi connectivity index (χ2v) is 8.05. The number of rotatable bonds is 4. The largest absolute Gasteiger partial charge is 0.337 e. The first-order chi connectivity index (χ1) is 14.5. The van der Waals surface area contributed by atoms with Crippen molar-refractivity contribution >= 4 is 28.9 Å². The summed E-state index contributed by atoms with van der Waals surface area (Å²) < 4.78 is 1.98. The van der Waals surface area contributed by atoms with Crippen LogP contribution in [-0.2, 0) is 22.6 Å². The van der Waals surface area contributed by atoms with Crippen LogP contribution in [0, 0.1) is 5.41 Å². The molecule has 1 unspecified atom stereocenters. The molecule has 2 saturated heterocycles. The number of carbonyl (C=O) groups is 3. The number of nitrogens with one attached hydrogen (secondary N) is 1. The zero-order valence-electron chi connectivity index (χ0n) is 16.4. The van der Waals surface area contributed by atoms with Gasteiger partial charge < -0.3 is 9.47 Å². The number of nitrogens with zero attached hydrogens (tertiary/aromatic N) is 4. The average Bonchev–Trinajstić information content (AvgIpc) is 3.44. The van der Waals surface area contributed by atoms with Crippen molar-refractivity contribution in [2.75, 3.05) is 13.1 Å². The third kappa shape index (κ3) is 3.14. The fourth-order valence-corrected chi connectivity index (χ4v) is 4.37. The van der Waals surface area contributed by atoms with Crippen LogP contribution < -0.4 is 5.32 Å². The van der Waals surface area contributed by atoms with E-state index in [1.54, 1.807) is 23.5 Å². The van der Waals surface area contributed by atoms with E-state index in [9.17, 15) is 14.4 Å². The second kappa shape index (κ2) is 7.05. The number of aryl methyl sites for hydroxylation is 2. The molecule has 3 amide bonds. The molecule has 0 radical (unpaired) electrons. The molecule has 30 heavy (non-hydrogen) atoms. The lowest BCUT2D eigenvalue weighted by molar-refractivity contribution is -0.128. The number of likely N-dealkylation sites (tertiary alicyclic amines) is 1. The van der Waals surface area contributed by atoms with Crippen molar-refractivity contribution < 1.29 is 14.4 Å². The lowest BCUT2D eigenvalue weighted by Crippen LogP contribution is -2.36. The van der Waals surface area contributed by atoms with E-state index in [2.05, 4.69) is 27.4 Å². The van der Waals surface area contributed by atoms with Gasteiger partial charge in [-0.1, -0.05) is 30.3 Å². The van der Waals surface area contributed by atoms with E-state index in [0.717, 1.165) is 18.6 Å². The zero-order chi connectivity index (χ0) is 20.7. The summed E-state index contributed by atoms with van der Waals surface area (Å²) >= 11 is 0. The molecule has 2 aromatic heterocycles. The lowest BCUT2D eigenvalue weighted by Gasteiger charge is -2.20. The topological polar surface area (TPSA) is 97.2 Å². The Bertz CT molecular complexity index is 1160. The molecular weight excluding hydrogens is 382 g/mol. The highest BCUT2D eigenvalue weighted by molar-refractivity contribution is 6.07. The number of amides is 3. The van der Waals surface area contributed by atoms with Crippen molar-refractivity contribution in [1.82, 2.24) is 24.8 Å². The van der Waals surface area contributed by atoms with E-state index >= 15 is 0 Å². The summed E-state index contributed by atoms with van der Waals surface area (Å²) in [6.45, 7) is 1.45. The van der Waals surface area contributed by atoms with Gasteiger partial charge in [-0.3, -0.25) is 19.7 Å². The Morgan fingerprint density at radius 1 is 1.17 bits per heavy atom. The minimum absolute atomic E-state index is 0.152. The van der Waals surface area contributed by atoms with E-state index in [-0.39, 0.29) is 30.7 Å². The number of fused-ring (bicyclic) bond motifs is 1. The van der Waals surface area contributed by atoms with Gasteiger partial charge in [0.15, 0.2) is 5.65 Å². The number of hydrogen-bond acceptors (Lipinski definition) is 5. The number of pyridine rings is 1. The number of benzene rings is 1. The summed E-state index contributed by atoms with van der Waals surface area (Å²) in [4.78, 5) is 47.3. The number of imide groups is 1. The first kappa shape index (κ1) is 18.5. The Kier molecular flexibility index (Phi) is 4.34. The Hall–Kier alpha value is -3.55. The molecule has 0 aliphatic carbocycles. The van der Waals surface area contributed by atoms with Gasteiger partial charge in [-0.25, -0.2) is 9.97 Å². The minimum atomic E-state index is -0.775. The molecule has 0 bridgehead atoms. The quantitative estimate of drug-likeness (QED) is 0.667. The molecule has 2 aliphatic rings. The second-order valence-electron chi connectivity index (χ2n) is 8.05. The van der Waals surface area contributed by atoms with Crippen LogP contribution >= 0.6 is 0 Å².